The Kier molecular flexibility index (Phi) is 2.77. The molecule has 3 nitrogen and oxygen atoms in total. The lowest BCUT2D eigenvalue weighted by Gasteiger charge is -2.18. The molecule has 1 aliphatic heterocycles. The third-order valence-electron chi connectivity index (χ3n) is 3.34. The number of hydrogen-bond acceptors (Lipinski definition) is 3. The van der Waals surface area contributed by atoms with E-state index in [1.807, 2.05) is 24.5 Å². The average molecular weight is 231 g/mol. The SMILES string of the molecule is CN1CCCOc2cccc3occ(c23)CC1. The summed E-state index contributed by atoms with van der Waals surface area (Å²) in [6.07, 6.45) is 3.96. The zero-order chi connectivity index (χ0) is 11.7. The van der Waals surface area contributed by atoms with Gasteiger partial charge in [-0.25, -0.2) is 0 Å². The molecule has 0 amide bonds. The van der Waals surface area contributed by atoms with E-state index in [4.69, 9.17) is 9.15 Å². The van der Waals surface area contributed by atoms with Crippen LogP contribution in [-0.4, -0.2) is 31.6 Å². The van der Waals surface area contributed by atoms with Crippen LogP contribution in [0.15, 0.2) is 28.9 Å². The molecular weight excluding hydrogens is 214 g/mol. The van der Waals surface area contributed by atoms with Gasteiger partial charge in [0, 0.05) is 18.7 Å². The Morgan fingerprint density at radius 2 is 2.18 bits per heavy atom. The molecule has 2 heterocycles. The van der Waals surface area contributed by atoms with Crippen LogP contribution in [0.4, 0.5) is 0 Å². The minimum atomic E-state index is 0.772. The Bertz CT molecular complexity index is 518. The third-order valence-corrected chi connectivity index (χ3v) is 3.34. The predicted octanol–water partition coefficient (Wildman–Crippen LogP) is 2.69. The van der Waals surface area contributed by atoms with Gasteiger partial charge in [-0.3, -0.25) is 0 Å². The first-order valence-electron chi connectivity index (χ1n) is 6.15. The molecule has 17 heavy (non-hydrogen) atoms. The molecule has 90 valence electrons. The summed E-state index contributed by atoms with van der Waals surface area (Å²) in [4.78, 5) is 2.34. The van der Waals surface area contributed by atoms with Crippen LogP contribution >= 0.6 is 0 Å². The van der Waals surface area contributed by atoms with Crippen molar-refractivity contribution >= 4 is 11.0 Å². The first-order valence-corrected chi connectivity index (χ1v) is 6.15. The van der Waals surface area contributed by atoms with Crippen LogP contribution in [0.5, 0.6) is 5.75 Å². The van der Waals surface area contributed by atoms with Crippen LogP contribution < -0.4 is 4.74 Å². The molecule has 2 aromatic rings. The van der Waals surface area contributed by atoms with Crippen molar-refractivity contribution in [3.63, 3.8) is 0 Å². The van der Waals surface area contributed by atoms with Gasteiger partial charge >= 0.3 is 0 Å². The van der Waals surface area contributed by atoms with Crippen molar-refractivity contribution in [1.29, 1.82) is 0 Å². The highest BCUT2D eigenvalue weighted by molar-refractivity contribution is 5.87. The summed E-state index contributed by atoms with van der Waals surface area (Å²) in [6, 6.07) is 6.02. The van der Waals surface area contributed by atoms with E-state index in [-0.39, 0.29) is 0 Å². The smallest absolute Gasteiger partial charge is 0.137 e. The number of likely N-dealkylation sites (N-methyl/N-ethyl adjacent to an activating group) is 1. The fourth-order valence-corrected chi connectivity index (χ4v) is 2.36. The fourth-order valence-electron chi connectivity index (χ4n) is 2.36. The van der Waals surface area contributed by atoms with E-state index in [0.717, 1.165) is 49.3 Å². The van der Waals surface area contributed by atoms with Crippen LogP contribution in [0.1, 0.15) is 12.0 Å². The molecule has 0 fully saturated rings. The van der Waals surface area contributed by atoms with Crippen molar-refractivity contribution in [2.45, 2.75) is 12.8 Å². The molecule has 0 atom stereocenters. The van der Waals surface area contributed by atoms with Crippen LogP contribution in [0.2, 0.25) is 0 Å². The Morgan fingerprint density at radius 3 is 3.12 bits per heavy atom. The monoisotopic (exact) mass is 231 g/mol. The van der Waals surface area contributed by atoms with Crippen molar-refractivity contribution in [2.24, 2.45) is 0 Å². The lowest BCUT2D eigenvalue weighted by molar-refractivity contribution is 0.263. The molecule has 0 bridgehead atoms. The van der Waals surface area contributed by atoms with E-state index < -0.39 is 0 Å². The number of hydrogen-bond donors (Lipinski definition) is 0. The van der Waals surface area contributed by atoms with Gasteiger partial charge < -0.3 is 14.1 Å². The molecule has 0 saturated heterocycles. The summed E-state index contributed by atoms with van der Waals surface area (Å²) >= 11 is 0. The summed E-state index contributed by atoms with van der Waals surface area (Å²) in [6.45, 7) is 2.93. The molecule has 3 heteroatoms. The summed E-state index contributed by atoms with van der Waals surface area (Å²) in [5, 5.41) is 1.16. The molecule has 3 rings (SSSR count). The highest BCUT2D eigenvalue weighted by Crippen LogP contribution is 2.31. The van der Waals surface area contributed by atoms with Crippen molar-refractivity contribution < 1.29 is 9.15 Å². The highest BCUT2D eigenvalue weighted by Gasteiger charge is 2.13. The van der Waals surface area contributed by atoms with Crippen LogP contribution in [0.25, 0.3) is 11.0 Å². The maximum absolute atomic E-state index is 5.86. The topological polar surface area (TPSA) is 25.6 Å². The number of benzene rings is 1. The second-order valence-electron chi connectivity index (χ2n) is 4.65. The van der Waals surface area contributed by atoms with Crippen molar-refractivity contribution in [2.75, 3.05) is 26.7 Å². The Morgan fingerprint density at radius 1 is 1.24 bits per heavy atom. The molecule has 0 radical (unpaired) electrons. The van der Waals surface area contributed by atoms with Gasteiger partial charge in [-0.2, -0.15) is 0 Å². The molecule has 1 aliphatic rings. The Hall–Kier alpha value is -1.48. The highest BCUT2D eigenvalue weighted by atomic mass is 16.5. The second-order valence-corrected chi connectivity index (χ2v) is 4.65. The number of nitrogens with zero attached hydrogens (tertiary/aromatic N) is 1. The van der Waals surface area contributed by atoms with Gasteiger partial charge in [0.1, 0.15) is 11.3 Å². The van der Waals surface area contributed by atoms with Crippen molar-refractivity contribution in [3.05, 3.63) is 30.0 Å². The molecule has 0 saturated carbocycles. The molecule has 0 aliphatic carbocycles. The molecule has 0 spiro atoms. The maximum Gasteiger partial charge on any atom is 0.137 e. The fraction of sp³-hybridized carbons (Fsp3) is 0.429. The lowest BCUT2D eigenvalue weighted by Crippen LogP contribution is -2.24. The van der Waals surface area contributed by atoms with E-state index in [1.54, 1.807) is 0 Å². The lowest BCUT2D eigenvalue weighted by atomic mass is 10.1. The van der Waals surface area contributed by atoms with E-state index in [0.29, 0.717) is 0 Å². The summed E-state index contributed by atoms with van der Waals surface area (Å²) in [5.41, 5.74) is 2.19. The van der Waals surface area contributed by atoms with Crippen molar-refractivity contribution in [3.8, 4) is 5.75 Å². The second kappa shape index (κ2) is 4.41. The zero-order valence-electron chi connectivity index (χ0n) is 10.1. The largest absolute Gasteiger partial charge is 0.493 e. The minimum Gasteiger partial charge on any atom is -0.493 e. The Balaban J connectivity index is 2.05. The van der Waals surface area contributed by atoms with E-state index >= 15 is 0 Å². The molecule has 0 N–H and O–H groups in total. The van der Waals surface area contributed by atoms with Crippen LogP contribution in [-0.2, 0) is 6.42 Å². The van der Waals surface area contributed by atoms with Gasteiger partial charge in [0.2, 0.25) is 0 Å². The number of rotatable bonds is 0. The number of furan rings is 1. The average Bonchev–Trinajstić information content (AvgIpc) is 2.76. The van der Waals surface area contributed by atoms with E-state index in [1.165, 1.54) is 5.56 Å². The quantitative estimate of drug-likeness (QED) is 0.697. The van der Waals surface area contributed by atoms with Gasteiger partial charge in [-0.1, -0.05) is 6.07 Å². The molecule has 1 aromatic carbocycles. The minimum absolute atomic E-state index is 0.772. The first-order chi connectivity index (χ1) is 8.34. The Labute approximate surface area is 101 Å². The van der Waals surface area contributed by atoms with Gasteiger partial charge in [0.05, 0.1) is 18.3 Å². The summed E-state index contributed by atoms with van der Waals surface area (Å²) in [5.74, 6) is 0.968. The summed E-state index contributed by atoms with van der Waals surface area (Å²) < 4.78 is 11.4. The van der Waals surface area contributed by atoms with Crippen molar-refractivity contribution in [1.82, 2.24) is 4.90 Å². The predicted molar refractivity (Wildman–Crippen MR) is 67.5 cm³/mol. The van der Waals surface area contributed by atoms with Gasteiger partial charge in [0.15, 0.2) is 0 Å². The van der Waals surface area contributed by atoms with Gasteiger partial charge in [-0.05, 0) is 32.0 Å². The molecule has 1 aromatic heterocycles. The zero-order valence-corrected chi connectivity index (χ0v) is 10.1. The standard InChI is InChI=1S/C14H17NO2/c1-15-7-3-9-16-12-4-2-5-13-14(12)11(6-8-15)10-17-13/h2,4-5,10H,3,6-9H2,1H3. The third kappa shape index (κ3) is 2.03. The van der Waals surface area contributed by atoms with E-state index in [9.17, 15) is 0 Å². The molecular formula is C14H17NO2. The normalized spacial score (nSPS) is 17.9. The van der Waals surface area contributed by atoms with Crippen LogP contribution in [0.3, 0.4) is 0 Å². The van der Waals surface area contributed by atoms with Crippen LogP contribution in [0, 0.1) is 0 Å². The van der Waals surface area contributed by atoms with Gasteiger partial charge in [0.25, 0.3) is 0 Å². The summed E-state index contributed by atoms with van der Waals surface area (Å²) in [7, 11) is 2.16. The first kappa shape index (κ1) is 10.7. The molecule has 0 unspecified atom stereocenters. The number of ether oxygens (including phenoxy) is 1. The maximum atomic E-state index is 5.86. The van der Waals surface area contributed by atoms with Gasteiger partial charge in [-0.15, -0.1) is 0 Å². The van der Waals surface area contributed by atoms with E-state index in [2.05, 4.69) is 11.9 Å².